The van der Waals surface area contributed by atoms with Crippen LogP contribution in [-0.4, -0.2) is 39.9 Å². The number of aryl methyl sites for hydroxylation is 1. The van der Waals surface area contributed by atoms with E-state index in [-0.39, 0.29) is 17.8 Å². The number of likely N-dealkylation sites (tertiary alicyclic amines) is 1. The molecule has 21 heavy (non-hydrogen) atoms. The van der Waals surface area contributed by atoms with Gasteiger partial charge in [0.25, 0.3) is 5.56 Å². The fourth-order valence-electron chi connectivity index (χ4n) is 2.92. The van der Waals surface area contributed by atoms with E-state index in [9.17, 15) is 9.59 Å². The molecule has 2 heterocycles. The zero-order valence-electron chi connectivity index (χ0n) is 12.2. The number of nitrogens with zero attached hydrogens (tertiary/aromatic N) is 3. The molecule has 1 fully saturated rings. The number of Topliss-reactive ketones (excluding diaryl/α,β-unsaturated/α-hetero) is 1. The topological polar surface area (TPSA) is 55.2 Å². The molecule has 5 nitrogen and oxygen atoms in total. The Labute approximate surface area is 123 Å². The molecule has 0 atom stereocenters. The lowest BCUT2D eigenvalue weighted by Gasteiger charge is -2.14. The van der Waals surface area contributed by atoms with E-state index in [4.69, 9.17) is 0 Å². The van der Waals surface area contributed by atoms with E-state index in [1.165, 1.54) is 12.8 Å². The maximum Gasteiger partial charge on any atom is 0.280 e. The van der Waals surface area contributed by atoms with Crippen molar-refractivity contribution in [3.8, 4) is 0 Å². The number of fused-ring (bicyclic) bond motifs is 1. The molecule has 0 unspecified atom stereocenters. The van der Waals surface area contributed by atoms with Crippen LogP contribution < -0.4 is 5.56 Å². The Morgan fingerprint density at radius 1 is 1.24 bits per heavy atom. The van der Waals surface area contributed by atoms with E-state index in [1.54, 1.807) is 6.07 Å². The molecule has 5 heteroatoms. The van der Waals surface area contributed by atoms with Crippen LogP contribution in [0, 0.1) is 0 Å². The van der Waals surface area contributed by atoms with Crippen molar-refractivity contribution < 1.29 is 4.79 Å². The van der Waals surface area contributed by atoms with E-state index < -0.39 is 0 Å². The van der Waals surface area contributed by atoms with Crippen LogP contribution in [0.15, 0.2) is 29.1 Å². The van der Waals surface area contributed by atoms with E-state index >= 15 is 0 Å². The summed E-state index contributed by atoms with van der Waals surface area (Å²) >= 11 is 0. The van der Waals surface area contributed by atoms with Gasteiger partial charge in [0.15, 0.2) is 5.78 Å². The Bertz CT molecular complexity index is 730. The molecular weight excluding hydrogens is 266 g/mol. The highest BCUT2D eigenvalue weighted by Crippen LogP contribution is 2.11. The van der Waals surface area contributed by atoms with Gasteiger partial charge in [0.05, 0.1) is 23.9 Å². The van der Waals surface area contributed by atoms with Crippen LogP contribution in [0.1, 0.15) is 18.7 Å². The molecule has 0 radical (unpaired) electrons. The number of carbonyl (C=O) groups excluding carboxylic acids is 1. The van der Waals surface area contributed by atoms with Gasteiger partial charge in [-0.25, -0.2) is 0 Å². The van der Waals surface area contributed by atoms with Crippen molar-refractivity contribution in [2.75, 3.05) is 19.6 Å². The predicted molar refractivity (Wildman–Crippen MR) is 81.4 cm³/mol. The van der Waals surface area contributed by atoms with Gasteiger partial charge in [0.2, 0.25) is 0 Å². The van der Waals surface area contributed by atoms with Crippen LogP contribution >= 0.6 is 0 Å². The summed E-state index contributed by atoms with van der Waals surface area (Å²) in [7, 11) is 1.85. The third-order valence-corrected chi connectivity index (χ3v) is 4.07. The number of rotatable bonds is 4. The molecule has 0 N–H and O–H groups in total. The lowest BCUT2D eigenvalue weighted by molar-refractivity contribution is -0.119. The molecule has 0 saturated carbocycles. The second-order valence-corrected chi connectivity index (χ2v) is 5.61. The third-order valence-electron chi connectivity index (χ3n) is 4.07. The fraction of sp³-hybridized carbons (Fsp3) is 0.438. The Morgan fingerprint density at radius 3 is 2.71 bits per heavy atom. The number of carbonyl (C=O) groups is 1. The predicted octanol–water partition coefficient (Wildman–Crippen LogP) is 1.14. The number of ketones is 1. The summed E-state index contributed by atoms with van der Waals surface area (Å²) in [6.07, 6.45) is 2.55. The summed E-state index contributed by atoms with van der Waals surface area (Å²) in [4.78, 5) is 30.5. The molecule has 0 aliphatic carbocycles. The highest BCUT2D eigenvalue weighted by molar-refractivity contribution is 5.83. The van der Waals surface area contributed by atoms with Crippen LogP contribution in [0.25, 0.3) is 10.9 Å². The lowest BCUT2D eigenvalue weighted by Crippen LogP contribution is -2.29. The average molecular weight is 285 g/mol. The second-order valence-electron chi connectivity index (χ2n) is 5.61. The van der Waals surface area contributed by atoms with E-state index in [2.05, 4.69) is 9.88 Å². The maximum atomic E-state index is 12.2. The Balaban J connectivity index is 1.85. The molecule has 1 aliphatic heterocycles. The summed E-state index contributed by atoms with van der Waals surface area (Å²) in [5.74, 6) is 0.664. The first-order chi connectivity index (χ1) is 10.1. The minimum atomic E-state index is -0.257. The molecule has 2 aromatic rings. The standard InChI is InChI=1S/C16H19N3O2/c1-18-14-7-3-2-6-13(14)16(21)17-15(18)10-12(20)11-19-8-4-5-9-19/h2-3,6-7H,4-5,8-11H2,1H3. The molecule has 1 saturated heterocycles. The van der Waals surface area contributed by atoms with Crippen molar-refractivity contribution in [3.63, 3.8) is 0 Å². The fourth-order valence-corrected chi connectivity index (χ4v) is 2.92. The first-order valence-corrected chi connectivity index (χ1v) is 7.34. The average Bonchev–Trinajstić information content (AvgIpc) is 2.97. The summed E-state index contributed by atoms with van der Waals surface area (Å²) in [6, 6.07) is 7.36. The van der Waals surface area contributed by atoms with Crippen LogP contribution in [0.5, 0.6) is 0 Å². The monoisotopic (exact) mass is 285 g/mol. The van der Waals surface area contributed by atoms with Crippen molar-refractivity contribution in [2.24, 2.45) is 7.05 Å². The van der Waals surface area contributed by atoms with Crippen LogP contribution in [-0.2, 0) is 18.3 Å². The zero-order valence-corrected chi connectivity index (χ0v) is 12.2. The number of hydrogen-bond donors (Lipinski definition) is 0. The molecule has 3 rings (SSSR count). The minimum Gasteiger partial charge on any atom is -0.332 e. The van der Waals surface area contributed by atoms with Crippen molar-refractivity contribution >= 4 is 16.7 Å². The highest BCUT2D eigenvalue weighted by Gasteiger charge is 2.17. The van der Waals surface area contributed by atoms with Gasteiger partial charge in [-0.2, -0.15) is 4.98 Å². The molecule has 0 spiro atoms. The van der Waals surface area contributed by atoms with Gasteiger partial charge in [-0.3, -0.25) is 14.5 Å². The molecule has 0 bridgehead atoms. The summed E-state index contributed by atoms with van der Waals surface area (Å²) in [6.45, 7) is 2.45. The van der Waals surface area contributed by atoms with Crippen molar-refractivity contribution in [3.05, 3.63) is 40.4 Å². The van der Waals surface area contributed by atoms with Gasteiger partial charge in [0.1, 0.15) is 5.82 Å². The van der Waals surface area contributed by atoms with Gasteiger partial charge in [-0.05, 0) is 38.1 Å². The highest BCUT2D eigenvalue weighted by atomic mass is 16.1. The quantitative estimate of drug-likeness (QED) is 0.845. The summed E-state index contributed by atoms with van der Waals surface area (Å²) in [5.41, 5.74) is 0.564. The van der Waals surface area contributed by atoms with Crippen molar-refractivity contribution in [2.45, 2.75) is 19.3 Å². The molecule has 1 aromatic heterocycles. The van der Waals surface area contributed by atoms with Gasteiger partial charge in [-0.1, -0.05) is 12.1 Å². The van der Waals surface area contributed by atoms with E-state index in [1.807, 2.05) is 29.8 Å². The Hall–Kier alpha value is -2.01. The van der Waals surface area contributed by atoms with Crippen molar-refractivity contribution in [1.29, 1.82) is 0 Å². The Morgan fingerprint density at radius 2 is 1.95 bits per heavy atom. The maximum absolute atomic E-state index is 12.2. The molecule has 0 amide bonds. The van der Waals surface area contributed by atoms with Crippen LogP contribution in [0.4, 0.5) is 0 Å². The van der Waals surface area contributed by atoms with Gasteiger partial charge >= 0.3 is 0 Å². The minimum absolute atomic E-state index is 0.120. The van der Waals surface area contributed by atoms with Gasteiger partial charge in [-0.15, -0.1) is 0 Å². The summed E-state index contributed by atoms with van der Waals surface area (Å²) in [5, 5.41) is 0.593. The largest absolute Gasteiger partial charge is 0.332 e. The van der Waals surface area contributed by atoms with E-state index in [0.717, 1.165) is 18.6 Å². The van der Waals surface area contributed by atoms with E-state index in [0.29, 0.717) is 17.8 Å². The second kappa shape index (κ2) is 5.77. The number of hydrogen-bond acceptors (Lipinski definition) is 4. The van der Waals surface area contributed by atoms with Crippen molar-refractivity contribution in [1.82, 2.24) is 14.5 Å². The molecule has 1 aliphatic rings. The van der Waals surface area contributed by atoms with Crippen LogP contribution in [0.2, 0.25) is 0 Å². The zero-order chi connectivity index (χ0) is 14.8. The smallest absolute Gasteiger partial charge is 0.280 e. The van der Waals surface area contributed by atoms with Gasteiger partial charge in [0, 0.05) is 7.05 Å². The molecular formula is C16H19N3O2. The third kappa shape index (κ3) is 2.88. The number of benzene rings is 1. The first kappa shape index (κ1) is 13.9. The molecule has 1 aromatic carbocycles. The van der Waals surface area contributed by atoms with Crippen LogP contribution in [0.3, 0.4) is 0 Å². The number of para-hydroxylation sites is 1. The first-order valence-electron chi connectivity index (χ1n) is 7.34. The lowest BCUT2D eigenvalue weighted by atomic mass is 10.2. The SMILES string of the molecule is Cn1c(CC(=O)CN2CCCC2)nc(=O)c2ccccc21. The Kier molecular flexibility index (Phi) is 3.84. The molecule has 110 valence electrons. The van der Waals surface area contributed by atoms with Gasteiger partial charge < -0.3 is 4.57 Å². The normalized spacial score (nSPS) is 15.7. The summed E-state index contributed by atoms with van der Waals surface area (Å²) < 4.78 is 1.85. The number of aromatic nitrogens is 2.